The summed E-state index contributed by atoms with van der Waals surface area (Å²) in [4.78, 5) is 20.5. The number of aromatic nitrogens is 3. The average Bonchev–Trinajstić information content (AvgIpc) is 3.09. The van der Waals surface area contributed by atoms with Crippen LogP contribution in [-0.2, 0) is 11.3 Å². The van der Waals surface area contributed by atoms with Gasteiger partial charge in [0.1, 0.15) is 11.6 Å². The first-order chi connectivity index (χ1) is 11.9. The Morgan fingerprint density at radius 2 is 2.00 bits per heavy atom. The number of aromatic amines is 1. The summed E-state index contributed by atoms with van der Waals surface area (Å²) < 4.78 is 2.19. The van der Waals surface area contributed by atoms with Crippen LogP contribution in [0.5, 0.6) is 0 Å². The minimum absolute atomic E-state index is 0.0206. The number of carbonyl (C=O) groups excluding carboxylic acids is 1. The van der Waals surface area contributed by atoms with E-state index in [1.54, 1.807) is 0 Å². The second-order valence-corrected chi connectivity index (χ2v) is 6.83. The van der Waals surface area contributed by atoms with Crippen LogP contribution in [0.4, 0.5) is 5.82 Å². The first kappa shape index (κ1) is 17.3. The van der Waals surface area contributed by atoms with Gasteiger partial charge < -0.3 is 14.9 Å². The SMILES string of the molecule is CCCn1c(C)c(C)c(-c2nc3ccccc3[nH]2)c1NC(=O)C(C)C. The Bertz CT molecular complexity index is 884. The van der Waals surface area contributed by atoms with Crippen molar-refractivity contribution in [1.29, 1.82) is 0 Å². The van der Waals surface area contributed by atoms with Gasteiger partial charge in [-0.05, 0) is 38.0 Å². The Labute approximate surface area is 148 Å². The number of benzene rings is 1. The van der Waals surface area contributed by atoms with E-state index in [1.165, 1.54) is 0 Å². The van der Waals surface area contributed by atoms with E-state index in [1.807, 2.05) is 38.1 Å². The molecule has 0 saturated carbocycles. The molecule has 25 heavy (non-hydrogen) atoms. The fraction of sp³-hybridized carbons (Fsp3) is 0.400. The van der Waals surface area contributed by atoms with Gasteiger partial charge in [0.2, 0.25) is 5.91 Å². The Morgan fingerprint density at radius 3 is 2.64 bits per heavy atom. The number of carbonyl (C=O) groups is 1. The third-order valence-corrected chi connectivity index (χ3v) is 4.67. The zero-order valence-electron chi connectivity index (χ0n) is 15.6. The standard InChI is InChI=1S/C20H26N4O/c1-6-11-24-14(5)13(4)17(19(24)23-20(25)12(2)3)18-21-15-9-7-8-10-16(15)22-18/h7-10,12H,6,11H2,1-5H3,(H,21,22)(H,23,25). The fourth-order valence-corrected chi connectivity index (χ4v) is 3.12. The van der Waals surface area contributed by atoms with Gasteiger partial charge >= 0.3 is 0 Å². The summed E-state index contributed by atoms with van der Waals surface area (Å²) in [6.45, 7) is 11.0. The van der Waals surface area contributed by atoms with Crippen LogP contribution in [0.15, 0.2) is 24.3 Å². The molecule has 0 aliphatic carbocycles. The molecule has 2 N–H and O–H groups in total. The fourth-order valence-electron chi connectivity index (χ4n) is 3.12. The number of nitrogens with one attached hydrogen (secondary N) is 2. The molecular weight excluding hydrogens is 312 g/mol. The van der Waals surface area contributed by atoms with Crippen molar-refractivity contribution in [2.24, 2.45) is 5.92 Å². The lowest BCUT2D eigenvalue weighted by molar-refractivity contribution is -0.118. The van der Waals surface area contributed by atoms with Gasteiger partial charge in [0, 0.05) is 18.2 Å². The van der Waals surface area contributed by atoms with E-state index in [0.29, 0.717) is 0 Å². The molecule has 132 valence electrons. The molecule has 0 radical (unpaired) electrons. The molecular formula is C20H26N4O. The largest absolute Gasteiger partial charge is 0.338 e. The second-order valence-electron chi connectivity index (χ2n) is 6.83. The van der Waals surface area contributed by atoms with Crippen molar-refractivity contribution in [2.75, 3.05) is 5.32 Å². The molecule has 3 aromatic rings. The molecule has 0 fully saturated rings. The number of anilines is 1. The first-order valence-corrected chi connectivity index (χ1v) is 8.89. The van der Waals surface area contributed by atoms with Crippen LogP contribution in [0.1, 0.15) is 38.4 Å². The van der Waals surface area contributed by atoms with Gasteiger partial charge in [0.25, 0.3) is 0 Å². The van der Waals surface area contributed by atoms with Crippen LogP contribution < -0.4 is 5.32 Å². The van der Waals surface area contributed by atoms with Gasteiger partial charge in [-0.2, -0.15) is 0 Å². The van der Waals surface area contributed by atoms with E-state index in [-0.39, 0.29) is 11.8 Å². The maximum absolute atomic E-state index is 12.4. The monoisotopic (exact) mass is 338 g/mol. The number of rotatable bonds is 5. The topological polar surface area (TPSA) is 62.7 Å². The number of imidazole rings is 1. The van der Waals surface area contributed by atoms with Crippen LogP contribution in [0.3, 0.4) is 0 Å². The van der Waals surface area contributed by atoms with Crippen molar-refractivity contribution in [1.82, 2.24) is 14.5 Å². The summed E-state index contributed by atoms with van der Waals surface area (Å²) in [5.41, 5.74) is 5.22. The van der Waals surface area contributed by atoms with Crippen LogP contribution in [-0.4, -0.2) is 20.4 Å². The van der Waals surface area contributed by atoms with E-state index < -0.39 is 0 Å². The Hall–Kier alpha value is -2.56. The molecule has 0 atom stereocenters. The number of hydrogen-bond acceptors (Lipinski definition) is 2. The first-order valence-electron chi connectivity index (χ1n) is 8.89. The van der Waals surface area contributed by atoms with E-state index in [9.17, 15) is 4.79 Å². The molecule has 0 spiro atoms. The third-order valence-electron chi connectivity index (χ3n) is 4.67. The Kier molecular flexibility index (Phi) is 4.66. The molecule has 2 aromatic heterocycles. The number of amides is 1. The average molecular weight is 338 g/mol. The highest BCUT2D eigenvalue weighted by Gasteiger charge is 2.23. The van der Waals surface area contributed by atoms with Crippen molar-refractivity contribution in [3.8, 4) is 11.4 Å². The van der Waals surface area contributed by atoms with E-state index in [2.05, 4.69) is 35.6 Å². The van der Waals surface area contributed by atoms with Gasteiger partial charge in [-0.1, -0.05) is 32.9 Å². The van der Waals surface area contributed by atoms with Crippen molar-refractivity contribution in [3.05, 3.63) is 35.5 Å². The predicted octanol–water partition coefficient (Wildman–Crippen LogP) is 4.65. The summed E-state index contributed by atoms with van der Waals surface area (Å²) in [6.07, 6.45) is 0.999. The highest BCUT2D eigenvalue weighted by Crippen LogP contribution is 2.36. The Morgan fingerprint density at radius 1 is 1.28 bits per heavy atom. The quantitative estimate of drug-likeness (QED) is 0.711. The highest BCUT2D eigenvalue weighted by atomic mass is 16.1. The van der Waals surface area contributed by atoms with Crippen LogP contribution >= 0.6 is 0 Å². The van der Waals surface area contributed by atoms with E-state index in [0.717, 1.165) is 52.5 Å². The molecule has 1 amide bonds. The van der Waals surface area contributed by atoms with Crippen LogP contribution in [0, 0.1) is 19.8 Å². The van der Waals surface area contributed by atoms with Crippen molar-refractivity contribution in [3.63, 3.8) is 0 Å². The molecule has 0 saturated heterocycles. The van der Waals surface area contributed by atoms with E-state index in [4.69, 9.17) is 4.98 Å². The van der Waals surface area contributed by atoms with Crippen molar-refractivity contribution in [2.45, 2.75) is 47.6 Å². The zero-order chi connectivity index (χ0) is 18.1. The number of hydrogen-bond donors (Lipinski definition) is 2. The smallest absolute Gasteiger partial charge is 0.228 e. The summed E-state index contributed by atoms with van der Waals surface area (Å²) in [7, 11) is 0. The number of H-pyrrole nitrogens is 1. The number of para-hydroxylation sites is 2. The zero-order valence-corrected chi connectivity index (χ0v) is 15.6. The lowest BCUT2D eigenvalue weighted by atomic mass is 10.1. The molecule has 0 bridgehead atoms. The molecule has 2 heterocycles. The molecule has 0 aliphatic heterocycles. The minimum Gasteiger partial charge on any atom is -0.338 e. The number of fused-ring (bicyclic) bond motifs is 1. The highest BCUT2D eigenvalue weighted by molar-refractivity contribution is 5.96. The molecule has 0 unspecified atom stereocenters. The summed E-state index contributed by atoms with van der Waals surface area (Å²) in [5.74, 6) is 1.59. The third kappa shape index (κ3) is 3.06. The van der Waals surface area contributed by atoms with Gasteiger partial charge in [-0.3, -0.25) is 4.79 Å². The summed E-state index contributed by atoms with van der Waals surface area (Å²) in [5, 5.41) is 3.13. The number of nitrogens with zero attached hydrogens (tertiary/aromatic N) is 2. The van der Waals surface area contributed by atoms with Crippen LogP contribution in [0.2, 0.25) is 0 Å². The normalized spacial score (nSPS) is 11.4. The van der Waals surface area contributed by atoms with Gasteiger partial charge in [-0.15, -0.1) is 0 Å². The molecule has 5 heteroatoms. The second kappa shape index (κ2) is 6.75. The van der Waals surface area contributed by atoms with Crippen LogP contribution in [0.25, 0.3) is 22.4 Å². The van der Waals surface area contributed by atoms with Crippen molar-refractivity contribution < 1.29 is 4.79 Å². The molecule has 1 aromatic carbocycles. The summed E-state index contributed by atoms with van der Waals surface area (Å²) >= 11 is 0. The maximum atomic E-state index is 12.4. The predicted molar refractivity (Wildman–Crippen MR) is 103 cm³/mol. The van der Waals surface area contributed by atoms with Gasteiger partial charge in [0.05, 0.1) is 16.6 Å². The summed E-state index contributed by atoms with van der Waals surface area (Å²) in [6, 6.07) is 7.98. The minimum atomic E-state index is -0.0749. The van der Waals surface area contributed by atoms with E-state index >= 15 is 0 Å². The molecule has 3 rings (SSSR count). The maximum Gasteiger partial charge on any atom is 0.228 e. The lowest BCUT2D eigenvalue weighted by Gasteiger charge is -2.14. The molecule has 5 nitrogen and oxygen atoms in total. The Balaban J connectivity index is 2.19. The lowest BCUT2D eigenvalue weighted by Crippen LogP contribution is -2.20. The van der Waals surface area contributed by atoms with Gasteiger partial charge in [-0.25, -0.2) is 4.98 Å². The molecule has 0 aliphatic rings. The van der Waals surface area contributed by atoms with Gasteiger partial charge in [0.15, 0.2) is 0 Å². The van der Waals surface area contributed by atoms with Crippen molar-refractivity contribution >= 4 is 22.8 Å².